The third kappa shape index (κ3) is 2.35. The quantitative estimate of drug-likeness (QED) is 0.651. The van der Waals surface area contributed by atoms with Crippen LogP contribution in [-0.4, -0.2) is 0 Å². The van der Waals surface area contributed by atoms with E-state index in [0.29, 0.717) is 0 Å². The number of nitrogen functional groups attached to an aromatic ring is 1. The Morgan fingerprint density at radius 3 is 2.00 bits per heavy atom. The van der Waals surface area contributed by atoms with Crippen LogP contribution in [0.15, 0.2) is 17.7 Å². The second-order valence-corrected chi connectivity index (χ2v) is 3.79. The van der Waals surface area contributed by atoms with Gasteiger partial charge in [0.2, 0.25) is 0 Å². The van der Waals surface area contributed by atoms with Crippen LogP contribution in [0.2, 0.25) is 0 Å². The highest BCUT2D eigenvalue weighted by Gasteiger charge is 1.99. The molecule has 0 aliphatic carbocycles. The summed E-state index contributed by atoms with van der Waals surface area (Å²) in [6.45, 7) is 8.29. The molecule has 70 valence electrons. The third-order valence-corrected chi connectivity index (χ3v) is 2.07. The Kier molecular flexibility index (Phi) is 2.76. The van der Waals surface area contributed by atoms with Crippen molar-refractivity contribution in [2.75, 3.05) is 5.73 Å². The molecule has 0 saturated heterocycles. The standard InChI is InChI=1S/C12H17N/c1-8(2)5-11-6-9(3)12(13)10(4)7-11/h5-7H,13H2,1-4H3. The maximum Gasteiger partial charge on any atom is 0.0373 e. The molecular weight excluding hydrogens is 158 g/mol. The molecule has 0 amide bonds. The molecule has 1 nitrogen and oxygen atoms in total. The lowest BCUT2D eigenvalue weighted by atomic mass is 10.0. The Bertz CT molecular complexity index is 321. The summed E-state index contributed by atoms with van der Waals surface area (Å²) in [7, 11) is 0. The first-order valence-corrected chi connectivity index (χ1v) is 4.52. The molecule has 0 heterocycles. The molecule has 1 heteroatoms. The van der Waals surface area contributed by atoms with E-state index >= 15 is 0 Å². The number of nitrogens with two attached hydrogens (primary N) is 1. The number of aryl methyl sites for hydroxylation is 2. The Hall–Kier alpha value is -1.24. The summed E-state index contributed by atoms with van der Waals surface area (Å²) in [6, 6.07) is 4.24. The van der Waals surface area contributed by atoms with Crippen molar-refractivity contribution in [1.82, 2.24) is 0 Å². The molecule has 0 fully saturated rings. The predicted molar refractivity (Wildman–Crippen MR) is 59.7 cm³/mol. The summed E-state index contributed by atoms with van der Waals surface area (Å²) in [6.07, 6.45) is 2.17. The highest BCUT2D eigenvalue weighted by atomic mass is 14.6. The van der Waals surface area contributed by atoms with Crippen molar-refractivity contribution in [3.63, 3.8) is 0 Å². The van der Waals surface area contributed by atoms with E-state index in [1.54, 1.807) is 0 Å². The van der Waals surface area contributed by atoms with Crippen LogP contribution in [0.5, 0.6) is 0 Å². The van der Waals surface area contributed by atoms with Gasteiger partial charge in [0.15, 0.2) is 0 Å². The molecule has 0 radical (unpaired) electrons. The summed E-state index contributed by atoms with van der Waals surface area (Å²) >= 11 is 0. The highest BCUT2D eigenvalue weighted by Crippen LogP contribution is 2.20. The van der Waals surface area contributed by atoms with E-state index in [1.807, 2.05) is 13.8 Å². The summed E-state index contributed by atoms with van der Waals surface area (Å²) in [5, 5.41) is 0. The van der Waals surface area contributed by atoms with Gasteiger partial charge in [0, 0.05) is 5.69 Å². The average molecular weight is 175 g/mol. The van der Waals surface area contributed by atoms with Gasteiger partial charge in [-0.3, -0.25) is 0 Å². The fraction of sp³-hybridized carbons (Fsp3) is 0.333. The molecule has 0 saturated carbocycles. The smallest absolute Gasteiger partial charge is 0.0373 e. The average Bonchev–Trinajstić information content (AvgIpc) is 1.98. The van der Waals surface area contributed by atoms with Gasteiger partial charge in [0.1, 0.15) is 0 Å². The molecule has 13 heavy (non-hydrogen) atoms. The van der Waals surface area contributed by atoms with Crippen molar-refractivity contribution in [2.45, 2.75) is 27.7 Å². The van der Waals surface area contributed by atoms with Gasteiger partial charge in [-0.25, -0.2) is 0 Å². The van der Waals surface area contributed by atoms with Gasteiger partial charge in [-0.15, -0.1) is 0 Å². The van der Waals surface area contributed by atoms with Crippen molar-refractivity contribution < 1.29 is 0 Å². The Morgan fingerprint density at radius 1 is 1.15 bits per heavy atom. The molecule has 1 aromatic carbocycles. The zero-order chi connectivity index (χ0) is 10.0. The molecule has 2 N–H and O–H groups in total. The first-order chi connectivity index (χ1) is 6.00. The first kappa shape index (κ1) is 9.85. The van der Waals surface area contributed by atoms with Crippen LogP contribution in [-0.2, 0) is 0 Å². The van der Waals surface area contributed by atoms with Crippen molar-refractivity contribution in [3.8, 4) is 0 Å². The van der Waals surface area contributed by atoms with Crippen molar-refractivity contribution >= 4 is 11.8 Å². The zero-order valence-corrected chi connectivity index (χ0v) is 8.81. The number of hydrogen-bond donors (Lipinski definition) is 1. The van der Waals surface area contributed by atoms with Gasteiger partial charge in [0.25, 0.3) is 0 Å². The minimum Gasteiger partial charge on any atom is -0.398 e. The molecule has 0 aromatic heterocycles. The van der Waals surface area contributed by atoms with E-state index in [-0.39, 0.29) is 0 Å². The third-order valence-electron chi connectivity index (χ3n) is 2.07. The molecule has 0 unspecified atom stereocenters. The zero-order valence-electron chi connectivity index (χ0n) is 8.81. The second-order valence-electron chi connectivity index (χ2n) is 3.79. The van der Waals surface area contributed by atoms with Crippen LogP contribution >= 0.6 is 0 Å². The van der Waals surface area contributed by atoms with E-state index in [1.165, 1.54) is 11.1 Å². The normalized spacial score (nSPS) is 9.85. The number of benzene rings is 1. The maximum absolute atomic E-state index is 5.86. The van der Waals surface area contributed by atoms with E-state index in [0.717, 1.165) is 16.8 Å². The molecule has 0 aliphatic heterocycles. The van der Waals surface area contributed by atoms with Crippen LogP contribution in [0.25, 0.3) is 6.08 Å². The monoisotopic (exact) mass is 175 g/mol. The van der Waals surface area contributed by atoms with Crippen LogP contribution in [0.3, 0.4) is 0 Å². The van der Waals surface area contributed by atoms with Gasteiger partial charge >= 0.3 is 0 Å². The Balaban J connectivity index is 3.21. The number of anilines is 1. The fourth-order valence-electron chi connectivity index (χ4n) is 1.42. The second kappa shape index (κ2) is 3.65. The van der Waals surface area contributed by atoms with Gasteiger partial charge < -0.3 is 5.73 Å². The molecule has 0 spiro atoms. The molecule has 0 aliphatic rings. The lowest BCUT2D eigenvalue weighted by molar-refractivity contribution is 1.36. The van der Waals surface area contributed by atoms with E-state index < -0.39 is 0 Å². The molecule has 1 aromatic rings. The Labute approximate surface area is 80.3 Å². The van der Waals surface area contributed by atoms with Crippen LogP contribution in [0.1, 0.15) is 30.5 Å². The molecule has 1 rings (SSSR count). The van der Waals surface area contributed by atoms with Crippen molar-refractivity contribution in [3.05, 3.63) is 34.4 Å². The van der Waals surface area contributed by atoms with Crippen molar-refractivity contribution in [1.29, 1.82) is 0 Å². The largest absolute Gasteiger partial charge is 0.398 e. The minimum atomic E-state index is 0.908. The fourth-order valence-corrected chi connectivity index (χ4v) is 1.42. The number of hydrogen-bond acceptors (Lipinski definition) is 1. The van der Waals surface area contributed by atoms with Crippen LogP contribution in [0.4, 0.5) is 5.69 Å². The van der Waals surface area contributed by atoms with E-state index in [9.17, 15) is 0 Å². The lowest BCUT2D eigenvalue weighted by Crippen LogP contribution is -1.94. The first-order valence-electron chi connectivity index (χ1n) is 4.52. The Morgan fingerprint density at radius 2 is 1.62 bits per heavy atom. The van der Waals surface area contributed by atoms with Crippen LogP contribution < -0.4 is 5.73 Å². The lowest BCUT2D eigenvalue weighted by Gasteiger charge is -2.06. The summed E-state index contributed by atoms with van der Waals surface area (Å²) in [4.78, 5) is 0. The van der Waals surface area contributed by atoms with E-state index in [2.05, 4.69) is 32.1 Å². The van der Waals surface area contributed by atoms with Gasteiger partial charge in [-0.2, -0.15) is 0 Å². The number of allylic oxidation sites excluding steroid dienone is 1. The topological polar surface area (TPSA) is 26.0 Å². The molecule has 0 bridgehead atoms. The minimum absolute atomic E-state index is 0.908. The molecule has 0 atom stereocenters. The summed E-state index contributed by atoms with van der Waals surface area (Å²) < 4.78 is 0. The van der Waals surface area contributed by atoms with Gasteiger partial charge in [0.05, 0.1) is 0 Å². The van der Waals surface area contributed by atoms with Gasteiger partial charge in [-0.05, 0) is 56.5 Å². The summed E-state index contributed by atoms with van der Waals surface area (Å²) in [5.41, 5.74) is 11.6. The van der Waals surface area contributed by atoms with Gasteiger partial charge in [-0.1, -0.05) is 11.6 Å². The van der Waals surface area contributed by atoms with E-state index in [4.69, 9.17) is 5.73 Å². The highest BCUT2D eigenvalue weighted by molar-refractivity contribution is 5.62. The number of rotatable bonds is 1. The van der Waals surface area contributed by atoms with Crippen molar-refractivity contribution in [2.24, 2.45) is 0 Å². The summed E-state index contributed by atoms with van der Waals surface area (Å²) in [5.74, 6) is 0. The van der Waals surface area contributed by atoms with Crippen LogP contribution in [0, 0.1) is 13.8 Å². The maximum atomic E-state index is 5.86. The SMILES string of the molecule is CC(C)=Cc1cc(C)c(N)c(C)c1. The predicted octanol–water partition coefficient (Wildman–Crippen LogP) is 3.31. The molecular formula is C12H17N.